The predicted molar refractivity (Wildman–Crippen MR) is 74.8 cm³/mol. The number of carbonyl (C=O) groups excluding carboxylic acids is 1. The lowest BCUT2D eigenvalue weighted by Crippen LogP contribution is -2.38. The SMILES string of the molecule is CCNc1ccncc1C(=O)NC(CC)C(C)C. The summed E-state index contributed by atoms with van der Waals surface area (Å²) < 4.78 is 0. The van der Waals surface area contributed by atoms with Gasteiger partial charge in [0.15, 0.2) is 0 Å². The van der Waals surface area contributed by atoms with Crippen molar-refractivity contribution >= 4 is 11.6 Å². The van der Waals surface area contributed by atoms with Gasteiger partial charge in [0.2, 0.25) is 0 Å². The lowest BCUT2D eigenvalue weighted by atomic mass is 10.0. The molecule has 0 bridgehead atoms. The smallest absolute Gasteiger partial charge is 0.255 e. The maximum atomic E-state index is 12.2. The first-order chi connectivity index (χ1) is 8.60. The molecule has 0 saturated carbocycles. The van der Waals surface area contributed by atoms with E-state index < -0.39 is 0 Å². The van der Waals surface area contributed by atoms with Crippen LogP contribution in [0.4, 0.5) is 5.69 Å². The van der Waals surface area contributed by atoms with Gasteiger partial charge >= 0.3 is 0 Å². The molecule has 0 spiro atoms. The third kappa shape index (κ3) is 3.72. The summed E-state index contributed by atoms with van der Waals surface area (Å²) in [4.78, 5) is 16.2. The van der Waals surface area contributed by atoms with Crippen LogP contribution in [0.1, 0.15) is 44.5 Å². The Kier molecular flexibility index (Phi) is 5.62. The summed E-state index contributed by atoms with van der Waals surface area (Å²) in [5.74, 6) is 0.373. The molecule has 0 aliphatic rings. The highest BCUT2D eigenvalue weighted by molar-refractivity contribution is 5.99. The number of amides is 1. The second-order valence-corrected chi connectivity index (χ2v) is 4.68. The van der Waals surface area contributed by atoms with Crippen molar-refractivity contribution in [1.82, 2.24) is 10.3 Å². The highest BCUT2D eigenvalue weighted by atomic mass is 16.1. The Morgan fingerprint density at radius 1 is 1.39 bits per heavy atom. The van der Waals surface area contributed by atoms with Gasteiger partial charge in [0.05, 0.1) is 11.3 Å². The molecule has 0 aliphatic heterocycles. The normalized spacial score (nSPS) is 12.3. The molecule has 1 aromatic heterocycles. The molecule has 1 heterocycles. The molecule has 4 nitrogen and oxygen atoms in total. The van der Waals surface area contributed by atoms with Crippen molar-refractivity contribution in [2.45, 2.75) is 40.2 Å². The van der Waals surface area contributed by atoms with E-state index in [1.54, 1.807) is 12.4 Å². The zero-order valence-electron chi connectivity index (χ0n) is 11.7. The van der Waals surface area contributed by atoms with Crippen molar-refractivity contribution in [2.75, 3.05) is 11.9 Å². The summed E-state index contributed by atoms with van der Waals surface area (Å²) in [6, 6.07) is 2.03. The van der Waals surface area contributed by atoms with E-state index in [9.17, 15) is 4.79 Å². The van der Waals surface area contributed by atoms with Crippen molar-refractivity contribution < 1.29 is 4.79 Å². The minimum Gasteiger partial charge on any atom is -0.385 e. The van der Waals surface area contributed by atoms with E-state index in [0.717, 1.165) is 18.7 Å². The number of pyridine rings is 1. The van der Waals surface area contributed by atoms with E-state index >= 15 is 0 Å². The van der Waals surface area contributed by atoms with E-state index in [1.165, 1.54) is 0 Å². The molecule has 100 valence electrons. The summed E-state index contributed by atoms with van der Waals surface area (Å²) in [7, 11) is 0. The summed E-state index contributed by atoms with van der Waals surface area (Å²) >= 11 is 0. The van der Waals surface area contributed by atoms with Crippen LogP contribution in [0.15, 0.2) is 18.5 Å². The standard InChI is InChI=1S/C14H23N3O/c1-5-12(10(3)4)17-14(18)11-9-15-8-7-13(11)16-6-2/h7-10,12H,5-6H2,1-4H3,(H,15,16)(H,17,18). The quantitative estimate of drug-likeness (QED) is 0.815. The first-order valence-electron chi connectivity index (χ1n) is 6.58. The molecule has 2 N–H and O–H groups in total. The van der Waals surface area contributed by atoms with Gasteiger partial charge in [-0.3, -0.25) is 9.78 Å². The Morgan fingerprint density at radius 2 is 2.11 bits per heavy atom. The number of nitrogens with one attached hydrogen (secondary N) is 2. The number of rotatable bonds is 6. The molecule has 0 radical (unpaired) electrons. The van der Waals surface area contributed by atoms with Crippen LogP contribution in [0.25, 0.3) is 0 Å². The molecule has 1 rings (SSSR count). The Bertz CT molecular complexity index is 390. The lowest BCUT2D eigenvalue weighted by molar-refractivity contribution is 0.0925. The predicted octanol–water partition coefficient (Wildman–Crippen LogP) is 2.68. The molecule has 0 fully saturated rings. The molecule has 1 atom stereocenters. The Hall–Kier alpha value is -1.58. The van der Waals surface area contributed by atoms with Gasteiger partial charge in [-0.1, -0.05) is 20.8 Å². The average Bonchev–Trinajstić information content (AvgIpc) is 2.36. The van der Waals surface area contributed by atoms with Crippen LogP contribution in [0.5, 0.6) is 0 Å². The van der Waals surface area contributed by atoms with Crippen LogP contribution < -0.4 is 10.6 Å². The highest BCUT2D eigenvalue weighted by Gasteiger charge is 2.17. The Morgan fingerprint density at radius 3 is 2.67 bits per heavy atom. The van der Waals surface area contributed by atoms with Crippen LogP contribution in [-0.2, 0) is 0 Å². The van der Waals surface area contributed by atoms with E-state index in [-0.39, 0.29) is 11.9 Å². The van der Waals surface area contributed by atoms with Gasteiger partial charge in [0, 0.05) is 25.0 Å². The Labute approximate surface area is 109 Å². The monoisotopic (exact) mass is 249 g/mol. The van der Waals surface area contributed by atoms with Crippen molar-refractivity contribution in [2.24, 2.45) is 5.92 Å². The van der Waals surface area contributed by atoms with Crippen LogP contribution in [0.3, 0.4) is 0 Å². The molecular formula is C14H23N3O. The highest BCUT2D eigenvalue weighted by Crippen LogP contribution is 2.14. The molecule has 0 saturated heterocycles. The summed E-state index contributed by atoms with van der Waals surface area (Å²) in [5, 5.41) is 6.24. The minimum atomic E-state index is -0.0559. The van der Waals surface area contributed by atoms with Gasteiger partial charge in [-0.25, -0.2) is 0 Å². The summed E-state index contributed by atoms with van der Waals surface area (Å²) in [6.07, 6.45) is 4.23. The van der Waals surface area contributed by atoms with Crippen molar-refractivity contribution in [3.8, 4) is 0 Å². The molecule has 0 aromatic carbocycles. The van der Waals surface area contributed by atoms with Gasteiger partial charge in [-0.15, -0.1) is 0 Å². The molecular weight excluding hydrogens is 226 g/mol. The number of aromatic nitrogens is 1. The Balaban J connectivity index is 2.83. The summed E-state index contributed by atoms with van der Waals surface area (Å²) in [5.41, 5.74) is 1.45. The summed E-state index contributed by atoms with van der Waals surface area (Å²) in [6.45, 7) is 9.10. The largest absolute Gasteiger partial charge is 0.385 e. The maximum absolute atomic E-state index is 12.2. The molecule has 0 aliphatic carbocycles. The maximum Gasteiger partial charge on any atom is 0.255 e. The van der Waals surface area contributed by atoms with Gasteiger partial charge in [-0.2, -0.15) is 0 Å². The first-order valence-corrected chi connectivity index (χ1v) is 6.58. The molecule has 1 aromatic rings. The first kappa shape index (κ1) is 14.5. The average molecular weight is 249 g/mol. The topological polar surface area (TPSA) is 54.0 Å². The minimum absolute atomic E-state index is 0.0559. The van der Waals surface area contributed by atoms with Gasteiger partial charge in [0.1, 0.15) is 0 Å². The van der Waals surface area contributed by atoms with E-state index in [2.05, 4.69) is 36.4 Å². The van der Waals surface area contributed by atoms with Gasteiger partial charge < -0.3 is 10.6 Å². The van der Waals surface area contributed by atoms with Crippen molar-refractivity contribution in [3.63, 3.8) is 0 Å². The van der Waals surface area contributed by atoms with Gasteiger partial charge in [0.25, 0.3) is 5.91 Å². The van der Waals surface area contributed by atoms with Crippen molar-refractivity contribution in [1.29, 1.82) is 0 Å². The fourth-order valence-corrected chi connectivity index (χ4v) is 1.91. The molecule has 1 amide bonds. The fourth-order valence-electron chi connectivity index (χ4n) is 1.91. The number of nitrogens with zero attached hydrogens (tertiary/aromatic N) is 1. The van der Waals surface area contributed by atoms with E-state index in [4.69, 9.17) is 0 Å². The number of hydrogen-bond donors (Lipinski definition) is 2. The molecule has 1 unspecified atom stereocenters. The van der Waals surface area contributed by atoms with Crippen LogP contribution in [0.2, 0.25) is 0 Å². The van der Waals surface area contributed by atoms with Crippen molar-refractivity contribution in [3.05, 3.63) is 24.0 Å². The number of anilines is 1. The fraction of sp³-hybridized carbons (Fsp3) is 0.571. The zero-order chi connectivity index (χ0) is 13.5. The third-order valence-electron chi connectivity index (χ3n) is 2.99. The molecule has 18 heavy (non-hydrogen) atoms. The van der Waals surface area contributed by atoms with Crippen LogP contribution in [-0.4, -0.2) is 23.5 Å². The molecule has 4 heteroatoms. The lowest BCUT2D eigenvalue weighted by Gasteiger charge is -2.21. The van der Waals surface area contributed by atoms with E-state index in [1.807, 2.05) is 13.0 Å². The van der Waals surface area contributed by atoms with Crippen LogP contribution in [0, 0.1) is 5.92 Å². The second-order valence-electron chi connectivity index (χ2n) is 4.68. The van der Waals surface area contributed by atoms with Crippen LogP contribution >= 0.6 is 0 Å². The number of carbonyl (C=O) groups is 1. The zero-order valence-corrected chi connectivity index (χ0v) is 11.7. The number of hydrogen-bond acceptors (Lipinski definition) is 3. The third-order valence-corrected chi connectivity index (χ3v) is 2.99. The van der Waals surface area contributed by atoms with Gasteiger partial charge in [-0.05, 0) is 25.3 Å². The second kappa shape index (κ2) is 6.99. The van der Waals surface area contributed by atoms with E-state index in [0.29, 0.717) is 11.5 Å².